The van der Waals surface area contributed by atoms with Crippen molar-refractivity contribution in [1.29, 1.82) is 0 Å². The maximum atomic E-state index is 12.8. The van der Waals surface area contributed by atoms with Crippen LogP contribution in [0.3, 0.4) is 0 Å². The zero-order valence-electron chi connectivity index (χ0n) is 17.0. The van der Waals surface area contributed by atoms with Gasteiger partial charge in [-0.05, 0) is 38.5 Å². The van der Waals surface area contributed by atoms with E-state index in [4.69, 9.17) is 14.2 Å². The molecule has 2 aromatic carbocycles. The van der Waals surface area contributed by atoms with Gasteiger partial charge in [0.1, 0.15) is 30.1 Å². The number of rotatable bonds is 5. The molecule has 1 aliphatic rings. The third-order valence-electron chi connectivity index (χ3n) is 4.43. The minimum atomic E-state index is -0.748. The van der Waals surface area contributed by atoms with E-state index in [1.807, 2.05) is 60.7 Å². The number of amides is 1. The van der Waals surface area contributed by atoms with E-state index in [0.717, 1.165) is 5.56 Å². The van der Waals surface area contributed by atoms with Crippen LogP contribution in [0.2, 0.25) is 0 Å². The number of carbonyl (C=O) groups is 2. The van der Waals surface area contributed by atoms with Gasteiger partial charge in [0.05, 0.1) is 6.54 Å². The zero-order valence-corrected chi connectivity index (χ0v) is 17.0. The molecule has 0 bridgehead atoms. The molecule has 0 saturated carbocycles. The number of para-hydroxylation sites is 1. The summed E-state index contributed by atoms with van der Waals surface area (Å²) in [4.78, 5) is 26.9. The molecule has 0 aliphatic carbocycles. The molecule has 2 aromatic rings. The molecule has 1 unspecified atom stereocenters. The molecule has 2 atom stereocenters. The highest BCUT2D eigenvalue weighted by molar-refractivity contribution is 5.82. The molecule has 1 aliphatic heterocycles. The normalized spacial score (nSPS) is 18.9. The Hall–Kier alpha value is -3.02. The number of benzene rings is 2. The van der Waals surface area contributed by atoms with Crippen LogP contribution in [0.25, 0.3) is 0 Å². The fraction of sp³-hybridized carbons (Fsp3) is 0.391. The van der Waals surface area contributed by atoms with Crippen LogP contribution in [0.4, 0.5) is 4.79 Å². The Kier molecular flexibility index (Phi) is 6.42. The molecule has 3 rings (SSSR count). The second kappa shape index (κ2) is 8.99. The Balaban J connectivity index is 1.69. The summed E-state index contributed by atoms with van der Waals surface area (Å²) in [6.45, 7) is 5.79. The quantitative estimate of drug-likeness (QED) is 0.708. The number of hydrogen-bond donors (Lipinski definition) is 0. The summed E-state index contributed by atoms with van der Waals surface area (Å²) in [5, 5.41) is 0. The van der Waals surface area contributed by atoms with Crippen molar-refractivity contribution < 1.29 is 23.8 Å². The van der Waals surface area contributed by atoms with E-state index in [-0.39, 0.29) is 19.3 Å². The van der Waals surface area contributed by atoms with Gasteiger partial charge in [-0.3, -0.25) is 4.90 Å². The molecule has 0 radical (unpaired) electrons. The Bertz CT molecular complexity index is 816. The third-order valence-corrected chi connectivity index (χ3v) is 4.43. The maximum Gasteiger partial charge on any atom is 0.411 e. The third kappa shape index (κ3) is 5.98. The Labute approximate surface area is 171 Å². The smallest absolute Gasteiger partial charge is 0.411 e. The van der Waals surface area contributed by atoms with E-state index < -0.39 is 23.7 Å². The van der Waals surface area contributed by atoms with Crippen molar-refractivity contribution in [3.63, 3.8) is 0 Å². The van der Waals surface area contributed by atoms with Gasteiger partial charge in [-0.25, -0.2) is 9.59 Å². The lowest BCUT2D eigenvalue weighted by Crippen LogP contribution is -2.44. The van der Waals surface area contributed by atoms with Crippen molar-refractivity contribution in [2.45, 2.75) is 51.5 Å². The number of esters is 1. The molecular weight excluding hydrogens is 370 g/mol. The van der Waals surface area contributed by atoms with Gasteiger partial charge in [0, 0.05) is 6.42 Å². The summed E-state index contributed by atoms with van der Waals surface area (Å²) >= 11 is 0. The number of hydrogen-bond acceptors (Lipinski definition) is 5. The van der Waals surface area contributed by atoms with Crippen LogP contribution in [0.1, 0.15) is 32.8 Å². The van der Waals surface area contributed by atoms with Crippen molar-refractivity contribution in [2.24, 2.45) is 0 Å². The first-order valence-electron chi connectivity index (χ1n) is 9.74. The van der Waals surface area contributed by atoms with Gasteiger partial charge >= 0.3 is 12.1 Å². The van der Waals surface area contributed by atoms with Crippen LogP contribution < -0.4 is 4.74 Å². The van der Waals surface area contributed by atoms with Crippen LogP contribution >= 0.6 is 0 Å². The first kappa shape index (κ1) is 20.7. The molecule has 1 saturated heterocycles. The molecule has 154 valence electrons. The van der Waals surface area contributed by atoms with Crippen molar-refractivity contribution in [1.82, 2.24) is 4.90 Å². The zero-order chi connectivity index (χ0) is 20.9. The minimum Gasteiger partial charge on any atom is -0.488 e. The van der Waals surface area contributed by atoms with E-state index in [1.54, 1.807) is 20.8 Å². The monoisotopic (exact) mass is 397 g/mol. The van der Waals surface area contributed by atoms with Gasteiger partial charge in [-0.1, -0.05) is 48.5 Å². The minimum absolute atomic E-state index is 0.155. The summed E-state index contributed by atoms with van der Waals surface area (Å²) in [5.41, 5.74) is 0.230. The molecule has 0 N–H and O–H groups in total. The van der Waals surface area contributed by atoms with E-state index in [0.29, 0.717) is 12.2 Å². The van der Waals surface area contributed by atoms with Crippen LogP contribution in [-0.2, 0) is 20.9 Å². The first-order valence-corrected chi connectivity index (χ1v) is 9.74. The summed E-state index contributed by atoms with van der Waals surface area (Å²) in [7, 11) is 0. The van der Waals surface area contributed by atoms with Crippen molar-refractivity contribution >= 4 is 12.1 Å². The fourth-order valence-electron chi connectivity index (χ4n) is 3.15. The molecule has 0 aromatic heterocycles. The van der Waals surface area contributed by atoms with Gasteiger partial charge in [-0.2, -0.15) is 0 Å². The standard InChI is InChI=1S/C23H27NO5/c1-23(2,3)29-22(26)24-15-19(28-18-12-8-5-9-13-18)14-20(24)21(25)27-16-17-10-6-4-7-11-17/h4-13,19-20H,14-16H2,1-3H3/t19?,20-/m0/s1. The lowest BCUT2D eigenvalue weighted by atomic mass is 10.2. The predicted octanol–water partition coefficient (Wildman–Crippen LogP) is 4.19. The molecule has 29 heavy (non-hydrogen) atoms. The predicted molar refractivity (Wildman–Crippen MR) is 108 cm³/mol. The second-order valence-corrected chi connectivity index (χ2v) is 8.03. The molecule has 6 heteroatoms. The SMILES string of the molecule is CC(C)(C)OC(=O)N1CC(Oc2ccccc2)C[C@H]1C(=O)OCc1ccccc1. The average molecular weight is 397 g/mol. The van der Waals surface area contributed by atoms with Crippen molar-refractivity contribution in [2.75, 3.05) is 6.54 Å². The molecular formula is C23H27NO5. The highest BCUT2D eigenvalue weighted by atomic mass is 16.6. The average Bonchev–Trinajstić information content (AvgIpc) is 3.10. The second-order valence-electron chi connectivity index (χ2n) is 8.03. The molecule has 1 amide bonds. The van der Waals surface area contributed by atoms with Gasteiger partial charge in [-0.15, -0.1) is 0 Å². The highest BCUT2D eigenvalue weighted by Gasteiger charge is 2.43. The van der Waals surface area contributed by atoms with Gasteiger partial charge in [0.2, 0.25) is 0 Å². The molecule has 1 fully saturated rings. The van der Waals surface area contributed by atoms with E-state index in [2.05, 4.69) is 0 Å². The Morgan fingerprint density at radius 1 is 1.00 bits per heavy atom. The highest BCUT2D eigenvalue weighted by Crippen LogP contribution is 2.26. The van der Waals surface area contributed by atoms with E-state index >= 15 is 0 Å². The van der Waals surface area contributed by atoms with Crippen LogP contribution in [0.15, 0.2) is 60.7 Å². The van der Waals surface area contributed by atoms with Crippen molar-refractivity contribution in [3.8, 4) is 5.75 Å². The lowest BCUT2D eigenvalue weighted by Gasteiger charge is -2.27. The fourth-order valence-corrected chi connectivity index (χ4v) is 3.15. The van der Waals surface area contributed by atoms with Crippen LogP contribution in [-0.4, -0.2) is 41.3 Å². The largest absolute Gasteiger partial charge is 0.488 e. The number of ether oxygens (including phenoxy) is 3. The summed E-state index contributed by atoms with van der Waals surface area (Å²) in [5.74, 6) is 0.235. The molecule has 1 heterocycles. The summed E-state index contributed by atoms with van der Waals surface area (Å²) in [6, 6.07) is 18.0. The topological polar surface area (TPSA) is 65.1 Å². The maximum absolute atomic E-state index is 12.8. The van der Waals surface area contributed by atoms with Crippen LogP contribution in [0.5, 0.6) is 5.75 Å². The van der Waals surface area contributed by atoms with Crippen molar-refractivity contribution in [3.05, 3.63) is 66.2 Å². The summed E-state index contributed by atoms with van der Waals surface area (Å²) < 4.78 is 16.9. The van der Waals surface area contributed by atoms with Gasteiger partial charge in [0.25, 0.3) is 0 Å². The first-order chi connectivity index (χ1) is 13.8. The Morgan fingerprint density at radius 3 is 2.24 bits per heavy atom. The Morgan fingerprint density at radius 2 is 1.62 bits per heavy atom. The molecule has 6 nitrogen and oxygen atoms in total. The van der Waals surface area contributed by atoms with E-state index in [9.17, 15) is 9.59 Å². The number of likely N-dealkylation sites (tertiary alicyclic amines) is 1. The molecule has 0 spiro atoms. The van der Waals surface area contributed by atoms with Gasteiger partial charge in [0.15, 0.2) is 0 Å². The lowest BCUT2D eigenvalue weighted by molar-refractivity contribution is -0.150. The number of carbonyl (C=O) groups excluding carboxylic acids is 2. The van der Waals surface area contributed by atoms with Gasteiger partial charge < -0.3 is 14.2 Å². The van der Waals surface area contributed by atoms with Crippen LogP contribution in [0, 0.1) is 0 Å². The number of nitrogens with zero attached hydrogens (tertiary/aromatic N) is 1. The summed E-state index contributed by atoms with van der Waals surface area (Å²) in [6.07, 6.45) is -0.514. The van der Waals surface area contributed by atoms with E-state index in [1.165, 1.54) is 4.90 Å².